The summed E-state index contributed by atoms with van der Waals surface area (Å²) in [7, 11) is 3.84. The molecule has 124 valence electrons. The normalized spacial score (nSPS) is 25.4. The number of nitrogens with zero attached hydrogens (tertiary/aromatic N) is 4. The number of rotatable bonds is 3. The van der Waals surface area contributed by atoms with Gasteiger partial charge in [-0.25, -0.2) is 0 Å². The van der Waals surface area contributed by atoms with Crippen molar-refractivity contribution in [3.63, 3.8) is 0 Å². The summed E-state index contributed by atoms with van der Waals surface area (Å²) >= 11 is 0. The van der Waals surface area contributed by atoms with Crippen molar-refractivity contribution in [3.8, 4) is 0 Å². The summed E-state index contributed by atoms with van der Waals surface area (Å²) in [5.41, 5.74) is 1.33. The third-order valence-corrected chi connectivity index (χ3v) is 4.47. The van der Waals surface area contributed by atoms with E-state index in [1.807, 2.05) is 25.0 Å². The molecule has 0 aliphatic carbocycles. The molecule has 0 amide bonds. The lowest BCUT2D eigenvalue weighted by Crippen LogP contribution is -2.42. The van der Waals surface area contributed by atoms with E-state index in [1.165, 1.54) is 12.0 Å². The zero-order valence-corrected chi connectivity index (χ0v) is 15.7. The SMILES string of the molecule is CN=C(NCC1CCOC1)N1CCC(c2cnn(C)c2)C1.I. The van der Waals surface area contributed by atoms with Crippen molar-refractivity contribution in [2.45, 2.75) is 18.8 Å². The number of aliphatic imine (C=N–C) groups is 1. The maximum absolute atomic E-state index is 5.42. The first-order valence-electron chi connectivity index (χ1n) is 7.78. The molecule has 2 unspecified atom stereocenters. The maximum Gasteiger partial charge on any atom is 0.193 e. The van der Waals surface area contributed by atoms with Crippen molar-refractivity contribution in [2.75, 3.05) is 39.9 Å². The summed E-state index contributed by atoms with van der Waals surface area (Å²) in [6, 6.07) is 0. The molecule has 2 aliphatic rings. The Hall–Kier alpha value is -0.830. The Kier molecular flexibility index (Phi) is 6.49. The molecular weight excluding hydrogens is 393 g/mol. The Bertz CT molecular complexity index is 498. The van der Waals surface area contributed by atoms with Crippen molar-refractivity contribution in [2.24, 2.45) is 18.0 Å². The van der Waals surface area contributed by atoms with Gasteiger partial charge in [-0.3, -0.25) is 9.67 Å². The van der Waals surface area contributed by atoms with Crippen molar-refractivity contribution < 1.29 is 4.74 Å². The van der Waals surface area contributed by atoms with Crippen LogP contribution < -0.4 is 5.32 Å². The first-order chi connectivity index (χ1) is 10.3. The van der Waals surface area contributed by atoms with E-state index in [0.29, 0.717) is 11.8 Å². The molecule has 0 aromatic carbocycles. The van der Waals surface area contributed by atoms with Crippen LogP contribution in [0.1, 0.15) is 24.3 Å². The zero-order chi connectivity index (χ0) is 14.7. The van der Waals surface area contributed by atoms with Crippen molar-refractivity contribution in [1.29, 1.82) is 0 Å². The lowest BCUT2D eigenvalue weighted by Gasteiger charge is -2.22. The molecule has 7 heteroatoms. The minimum Gasteiger partial charge on any atom is -0.381 e. The van der Waals surface area contributed by atoms with Gasteiger partial charge in [0, 0.05) is 58.4 Å². The molecule has 1 aromatic rings. The molecule has 0 saturated carbocycles. The molecule has 1 aromatic heterocycles. The van der Waals surface area contributed by atoms with Crippen LogP contribution in [0.2, 0.25) is 0 Å². The number of nitrogens with one attached hydrogen (secondary N) is 1. The van der Waals surface area contributed by atoms with Crippen molar-refractivity contribution in [1.82, 2.24) is 20.0 Å². The van der Waals surface area contributed by atoms with Gasteiger partial charge in [0.05, 0.1) is 12.8 Å². The number of aryl methyl sites for hydroxylation is 1. The van der Waals surface area contributed by atoms with Crippen LogP contribution in [0.25, 0.3) is 0 Å². The fourth-order valence-electron chi connectivity index (χ4n) is 3.19. The number of halogens is 1. The van der Waals surface area contributed by atoms with Gasteiger partial charge >= 0.3 is 0 Å². The van der Waals surface area contributed by atoms with Crippen LogP contribution in [0.15, 0.2) is 17.4 Å². The van der Waals surface area contributed by atoms with Gasteiger partial charge in [-0.2, -0.15) is 5.10 Å². The minimum absolute atomic E-state index is 0. The van der Waals surface area contributed by atoms with Crippen LogP contribution in [0, 0.1) is 5.92 Å². The van der Waals surface area contributed by atoms with Gasteiger partial charge in [0.1, 0.15) is 0 Å². The van der Waals surface area contributed by atoms with Gasteiger partial charge in [-0.15, -0.1) is 24.0 Å². The molecule has 0 spiro atoms. The van der Waals surface area contributed by atoms with Gasteiger partial charge in [0.25, 0.3) is 0 Å². The highest BCUT2D eigenvalue weighted by Gasteiger charge is 2.27. The summed E-state index contributed by atoms with van der Waals surface area (Å²) in [6.45, 7) is 4.81. The molecule has 2 atom stereocenters. The summed E-state index contributed by atoms with van der Waals surface area (Å²) in [6.07, 6.45) is 6.43. The Labute approximate surface area is 149 Å². The molecule has 1 N–H and O–H groups in total. The Balaban J connectivity index is 0.00000176. The van der Waals surface area contributed by atoms with E-state index < -0.39 is 0 Å². The smallest absolute Gasteiger partial charge is 0.193 e. The molecule has 22 heavy (non-hydrogen) atoms. The highest BCUT2D eigenvalue weighted by atomic mass is 127. The second kappa shape index (κ2) is 8.14. The van der Waals surface area contributed by atoms with E-state index >= 15 is 0 Å². The second-order valence-corrected chi connectivity index (χ2v) is 6.04. The van der Waals surface area contributed by atoms with Crippen LogP contribution >= 0.6 is 24.0 Å². The Morgan fingerprint density at radius 3 is 3.00 bits per heavy atom. The highest BCUT2D eigenvalue weighted by molar-refractivity contribution is 14.0. The Morgan fingerprint density at radius 2 is 2.36 bits per heavy atom. The first-order valence-corrected chi connectivity index (χ1v) is 7.78. The van der Waals surface area contributed by atoms with Gasteiger partial charge in [0.2, 0.25) is 0 Å². The van der Waals surface area contributed by atoms with Crippen LogP contribution in [0.4, 0.5) is 0 Å². The van der Waals surface area contributed by atoms with E-state index in [4.69, 9.17) is 4.74 Å². The highest BCUT2D eigenvalue weighted by Crippen LogP contribution is 2.26. The molecule has 0 radical (unpaired) electrons. The topological polar surface area (TPSA) is 54.7 Å². The van der Waals surface area contributed by atoms with Gasteiger partial charge in [0.15, 0.2) is 5.96 Å². The lowest BCUT2D eigenvalue weighted by molar-refractivity contribution is 0.186. The van der Waals surface area contributed by atoms with E-state index in [2.05, 4.69) is 26.5 Å². The Morgan fingerprint density at radius 1 is 1.50 bits per heavy atom. The van der Waals surface area contributed by atoms with E-state index in [0.717, 1.165) is 45.2 Å². The monoisotopic (exact) mass is 419 g/mol. The number of ether oxygens (including phenoxy) is 1. The van der Waals surface area contributed by atoms with Crippen LogP contribution in [0.3, 0.4) is 0 Å². The molecule has 3 heterocycles. The van der Waals surface area contributed by atoms with Gasteiger partial charge < -0.3 is 15.0 Å². The molecule has 3 rings (SSSR count). The summed E-state index contributed by atoms with van der Waals surface area (Å²) < 4.78 is 7.30. The fraction of sp³-hybridized carbons (Fsp3) is 0.733. The average molecular weight is 419 g/mol. The standard InChI is InChI=1S/C15H25N5O.HI/c1-16-15(17-7-12-4-6-21-11-12)20-5-3-13(10-20)14-8-18-19(2)9-14;/h8-9,12-13H,3-7,10-11H2,1-2H3,(H,16,17);1H. The lowest BCUT2D eigenvalue weighted by atomic mass is 10.0. The average Bonchev–Trinajstić information content (AvgIpc) is 3.19. The summed E-state index contributed by atoms with van der Waals surface area (Å²) in [4.78, 5) is 6.79. The minimum atomic E-state index is 0. The van der Waals surface area contributed by atoms with E-state index in [1.54, 1.807) is 0 Å². The summed E-state index contributed by atoms with van der Waals surface area (Å²) in [5, 5.41) is 7.78. The molecule has 2 aliphatic heterocycles. The van der Waals surface area contributed by atoms with Crippen LogP contribution in [0.5, 0.6) is 0 Å². The predicted molar refractivity (Wildman–Crippen MR) is 97.8 cm³/mol. The van der Waals surface area contributed by atoms with Crippen LogP contribution in [-0.2, 0) is 11.8 Å². The third kappa shape index (κ3) is 4.13. The molecule has 0 bridgehead atoms. The maximum atomic E-state index is 5.42. The number of hydrogen-bond acceptors (Lipinski definition) is 3. The first kappa shape index (κ1) is 17.5. The van der Waals surface area contributed by atoms with Gasteiger partial charge in [-0.05, 0) is 18.4 Å². The number of likely N-dealkylation sites (tertiary alicyclic amines) is 1. The molecule has 2 fully saturated rings. The predicted octanol–water partition coefficient (Wildman–Crippen LogP) is 1.44. The quantitative estimate of drug-likeness (QED) is 0.458. The number of guanidine groups is 1. The molecule has 6 nitrogen and oxygen atoms in total. The molecular formula is C15H26IN5O. The van der Waals surface area contributed by atoms with Crippen molar-refractivity contribution in [3.05, 3.63) is 18.0 Å². The van der Waals surface area contributed by atoms with Crippen LogP contribution in [-0.4, -0.2) is 60.5 Å². The third-order valence-electron chi connectivity index (χ3n) is 4.47. The number of hydrogen-bond donors (Lipinski definition) is 1. The molecule has 2 saturated heterocycles. The fourth-order valence-corrected chi connectivity index (χ4v) is 3.19. The zero-order valence-electron chi connectivity index (χ0n) is 13.4. The second-order valence-electron chi connectivity index (χ2n) is 6.04. The van der Waals surface area contributed by atoms with Crippen molar-refractivity contribution >= 4 is 29.9 Å². The largest absolute Gasteiger partial charge is 0.381 e. The summed E-state index contributed by atoms with van der Waals surface area (Å²) in [5.74, 6) is 2.21. The van der Waals surface area contributed by atoms with E-state index in [9.17, 15) is 0 Å². The van der Waals surface area contributed by atoms with E-state index in [-0.39, 0.29) is 24.0 Å². The van der Waals surface area contributed by atoms with Gasteiger partial charge in [-0.1, -0.05) is 0 Å². The number of aromatic nitrogens is 2.